The molecule has 32 heavy (non-hydrogen) atoms. The fraction of sp³-hybridized carbons (Fsp3) is 0.227. The van der Waals surface area contributed by atoms with Gasteiger partial charge in [-0.2, -0.15) is 0 Å². The highest BCUT2D eigenvalue weighted by Gasteiger charge is 2.13. The SMILES string of the molecule is Cc1nc(SCc2ccccc2)[nH]c(=O)c1CC(=O)NCCc1ccc(S(N)(=O)=O)cc1. The number of benzene rings is 2. The summed E-state index contributed by atoms with van der Waals surface area (Å²) in [6.07, 6.45) is 0.446. The van der Waals surface area contributed by atoms with E-state index in [1.807, 2.05) is 30.3 Å². The number of carbonyl (C=O) groups excluding carboxylic acids is 1. The van der Waals surface area contributed by atoms with E-state index in [1.165, 1.54) is 23.9 Å². The van der Waals surface area contributed by atoms with Crippen molar-refractivity contribution in [3.8, 4) is 0 Å². The van der Waals surface area contributed by atoms with Gasteiger partial charge in [0.25, 0.3) is 5.56 Å². The van der Waals surface area contributed by atoms with Crippen LogP contribution in [0.4, 0.5) is 0 Å². The lowest BCUT2D eigenvalue weighted by Gasteiger charge is -2.09. The number of nitrogens with one attached hydrogen (secondary N) is 2. The molecule has 4 N–H and O–H groups in total. The van der Waals surface area contributed by atoms with Crippen LogP contribution in [0.25, 0.3) is 0 Å². The normalized spacial score (nSPS) is 11.3. The van der Waals surface area contributed by atoms with Crippen LogP contribution in [-0.4, -0.2) is 30.8 Å². The number of hydrogen-bond acceptors (Lipinski definition) is 6. The first-order valence-corrected chi connectivity index (χ1v) is 12.4. The molecule has 0 atom stereocenters. The van der Waals surface area contributed by atoms with E-state index in [0.717, 1.165) is 11.1 Å². The number of sulfonamides is 1. The van der Waals surface area contributed by atoms with Crippen LogP contribution >= 0.6 is 11.8 Å². The van der Waals surface area contributed by atoms with Crippen LogP contribution in [0.15, 0.2) is 69.4 Å². The van der Waals surface area contributed by atoms with Gasteiger partial charge in [-0.15, -0.1) is 0 Å². The minimum atomic E-state index is -3.73. The zero-order valence-electron chi connectivity index (χ0n) is 17.5. The van der Waals surface area contributed by atoms with Crippen LogP contribution in [0.1, 0.15) is 22.4 Å². The van der Waals surface area contributed by atoms with Crippen molar-refractivity contribution in [3.05, 3.63) is 87.3 Å². The van der Waals surface area contributed by atoms with Gasteiger partial charge in [0.15, 0.2) is 5.16 Å². The predicted octanol–water partition coefficient (Wildman–Crippen LogP) is 1.92. The summed E-state index contributed by atoms with van der Waals surface area (Å²) in [7, 11) is -3.73. The van der Waals surface area contributed by atoms with Crippen molar-refractivity contribution in [3.63, 3.8) is 0 Å². The van der Waals surface area contributed by atoms with Crippen molar-refractivity contribution in [2.24, 2.45) is 5.14 Å². The number of rotatable bonds is 9. The Morgan fingerprint density at radius 2 is 1.78 bits per heavy atom. The number of thioether (sulfide) groups is 1. The van der Waals surface area contributed by atoms with Crippen molar-refractivity contribution >= 4 is 27.7 Å². The molecule has 0 saturated carbocycles. The molecule has 2 aromatic carbocycles. The second-order valence-corrected chi connectivity index (χ2v) is 9.70. The highest BCUT2D eigenvalue weighted by atomic mass is 32.2. The van der Waals surface area contributed by atoms with Gasteiger partial charge < -0.3 is 10.3 Å². The third kappa shape index (κ3) is 6.78. The fourth-order valence-electron chi connectivity index (χ4n) is 3.00. The van der Waals surface area contributed by atoms with Crippen molar-refractivity contribution in [2.45, 2.75) is 35.6 Å². The molecule has 8 nitrogen and oxygen atoms in total. The van der Waals surface area contributed by atoms with Gasteiger partial charge in [-0.3, -0.25) is 9.59 Å². The minimum Gasteiger partial charge on any atom is -0.355 e. The monoisotopic (exact) mass is 472 g/mol. The molecule has 0 aliphatic rings. The molecule has 0 saturated heterocycles. The van der Waals surface area contributed by atoms with E-state index in [0.29, 0.717) is 35.1 Å². The van der Waals surface area contributed by atoms with Gasteiger partial charge >= 0.3 is 0 Å². The van der Waals surface area contributed by atoms with Crippen molar-refractivity contribution < 1.29 is 13.2 Å². The zero-order chi connectivity index (χ0) is 23.1. The Labute approximate surface area is 190 Å². The molecule has 0 unspecified atom stereocenters. The first-order chi connectivity index (χ1) is 15.2. The number of H-pyrrole nitrogens is 1. The van der Waals surface area contributed by atoms with Gasteiger partial charge in [-0.1, -0.05) is 54.2 Å². The number of aromatic nitrogens is 2. The van der Waals surface area contributed by atoms with Gasteiger partial charge in [0.05, 0.1) is 11.3 Å². The number of carbonyl (C=O) groups is 1. The molecule has 10 heteroatoms. The van der Waals surface area contributed by atoms with Crippen LogP contribution < -0.4 is 16.0 Å². The highest BCUT2D eigenvalue weighted by Crippen LogP contribution is 2.18. The summed E-state index contributed by atoms with van der Waals surface area (Å²) in [5.74, 6) is 0.396. The van der Waals surface area contributed by atoms with E-state index in [9.17, 15) is 18.0 Å². The average Bonchev–Trinajstić information content (AvgIpc) is 2.75. The molecule has 0 fully saturated rings. The van der Waals surface area contributed by atoms with Crippen molar-refractivity contribution in [2.75, 3.05) is 6.54 Å². The Morgan fingerprint density at radius 1 is 1.09 bits per heavy atom. The summed E-state index contributed by atoms with van der Waals surface area (Å²) >= 11 is 1.43. The zero-order valence-corrected chi connectivity index (χ0v) is 19.1. The van der Waals surface area contributed by atoms with Gasteiger partial charge in [0.1, 0.15) is 0 Å². The molecular formula is C22H24N4O4S2. The standard InChI is InChI=1S/C22H24N4O4S2/c1-15-19(21(28)26-22(25-15)31-14-17-5-3-2-4-6-17)13-20(27)24-12-11-16-7-9-18(10-8-16)32(23,29)30/h2-10H,11-14H2,1H3,(H,24,27)(H2,23,29,30)(H,25,26,28). The summed E-state index contributed by atoms with van der Waals surface area (Å²) < 4.78 is 22.6. The van der Waals surface area contributed by atoms with Crippen molar-refractivity contribution in [1.82, 2.24) is 15.3 Å². The minimum absolute atomic E-state index is 0.0397. The smallest absolute Gasteiger partial charge is 0.255 e. The lowest BCUT2D eigenvalue weighted by molar-refractivity contribution is -0.120. The molecule has 1 heterocycles. The number of aromatic amines is 1. The summed E-state index contributed by atoms with van der Waals surface area (Å²) in [4.78, 5) is 32.0. The Bertz CT molecular complexity index is 1240. The molecule has 1 amide bonds. The first kappa shape index (κ1) is 23.7. The third-order valence-corrected chi connectivity index (χ3v) is 6.62. The number of amides is 1. The molecular weight excluding hydrogens is 448 g/mol. The Balaban J connectivity index is 1.52. The van der Waals surface area contributed by atoms with E-state index < -0.39 is 10.0 Å². The summed E-state index contributed by atoms with van der Waals surface area (Å²) in [5.41, 5.74) is 2.53. The molecule has 1 aromatic heterocycles. The number of nitrogens with two attached hydrogens (primary N) is 1. The van der Waals surface area contributed by atoms with E-state index in [1.54, 1.807) is 19.1 Å². The molecule has 0 spiro atoms. The van der Waals surface area contributed by atoms with Gasteiger partial charge in [-0.05, 0) is 36.6 Å². The largest absolute Gasteiger partial charge is 0.355 e. The van der Waals surface area contributed by atoms with E-state index in [2.05, 4.69) is 15.3 Å². The first-order valence-electron chi connectivity index (χ1n) is 9.87. The second kappa shape index (κ2) is 10.6. The van der Waals surface area contributed by atoms with Crippen LogP contribution in [0.2, 0.25) is 0 Å². The molecule has 0 bridgehead atoms. The fourth-order valence-corrected chi connectivity index (χ4v) is 4.38. The van der Waals surface area contributed by atoms with Crippen LogP contribution in [0.3, 0.4) is 0 Å². The van der Waals surface area contributed by atoms with E-state index in [-0.39, 0.29) is 22.8 Å². The predicted molar refractivity (Wildman–Crippen MR) is 124 cm³/mol. The maximum absolute atomic E-state index is 12.5. The van der Waals surface area contributed by atoms with E-state index in [4.69, 9.17) is 5.14 Å². The number of aryl methyl sites for hydroxylation is 1. The highest BCUT2D eigenvalue weighted by molar-refractivity contribution is 7.98. The summed E-state index contributed by atoms with van der Waals surface area (Å²) in [6.45, 7) is 2.07. The Morgan fingerprint density at radius 3 is 2.41 bits per heavy atom. The maximum atomic E-state index is 12.5. The molecule has 3 aromatic rings. The van der Waals surface area contributed by atoms with Crippen LogP contribution in [0, 0.1) is 6.92 Å². The molecule has 168 valence electrons. The average molecular weight is 473 g/mol. The Hall–Kier alpha value is -2.95. The summed E-state index contributed by atoms with van der Waals surface area (Å²) in [5, 5.41) is 8.37. The van der Waals surface area contributed by atoms with E-state index >= 15 is 0 Å². The molecule has 0 aliphatic carbocycles. The van der Waals surface area contributed by atoms with Crippen LogP contribution in [0.5, 0.6) is 0 Å². The topological polar surface area (TPSA) is 135 Å². The molecule has 0 radical (unpaired) electrons. The molecule has 3 rings (SSSR count). The second-order valence-electron chi connectivity index (χ2n) is 7.18. The number of nitrogens with zero attached hydrogens (tertiary/aromatic N) is 1. The maximum Gasteiger partial charge on any atom is 0.255 e. The van der Waals surface area contributed by atoms with Gasteiger partial charge in [0, 0.05) is 23.6 Å². The number of primary sulfonamides is 1. The van der Waals surface area contributed by atoms with Gasteiger partial charge in [0.2, 0.25) is 15.9 Å². The quantitative estimate of drug-likeness (QED) is 0.322. The van der Waals surface area contributed by atoms with Gasteiger partial charge in [-0.25, -0.2) is 18.5 Å². The van der Waals surface area contributed by atoms with Crippen molar-refractivity contribution in [1.29, 1.82) is 0 Å². The number of hydrogen-bond donors (Lipinski definition) is 3. The van der Waals surface area contributed by atoms with Crippen LogP contribution in [-0.2, 0) is 33.4 Å². The molecule has 0 aliphatic heterocycles. The third-order valence-electron chi connectivity index (χ3n) is 4.74. The summed E-state index contributed by atoms with van der Waals surface area (Å²) in [6, 6.07) is 16.0. The Kier molecular flexibility index (Phi) is 7.84. The lowest BCUT2D eigenvalue weighted by Crippen LogP contribution is -2.30. The lowest BCUT2D eigenvalue weighted by atomic mass is 10.1.